The van der Waals surface area contributed by atoms with Gasteiger partial charge in [0, 0.05) is 6.26 Å². The lowest BCUT2D eigenvalue weighted by Gasteiger charge is -2.12. The quantitative estimate of drug-likeness (QED) is 0.706. The lowest BCUT2D eigenvalue weighted by Crippen LogP contribution is -1.99. The van der Waals surface area contributed by atoms with Gasteiger partial charge in [-0.15, -0.1) is 0 Å². The number of ether oxygens (including phenoxy) is 1. The number of hydrogen-bond donors (Lipinski definition) is 1. The van der Waals surface area contributed by atoms with Crippen molar-refractivity contribution in [2.24, 2.45) is 0 Å². The second kappa shape index (κ2) is 6.99. The number of sulfone groups is 1. The highest BCUT2D eigenvalue weighted by molar-refractivity contribution is 7.90. The molecular formula is C20H19NO3S. The van der Waals surface area contributed by atoms with Gasteiger partial charge >= 0.3 is 0 Å². The van der Waals surface area contributed by atoms with Crippen LogP contribution in [0.25, 0.3) is 11.1 Å². The van der Waals surface area contributed by atoms with E-state index >= 15 is 0 Å². The minimum absolute atomic E-state index is 0.286. The molecule has 0 amide bonds. The van der Waals surface area contributed by atoms with E-state index in [4.69, 9.17) is 10.5 Å². The summed E-state index contributed by atoms with van der Waals surface area (Å²) in [5, 5.41) is 0. The Bertz CT molecular complexity index is 983. The summed E-state index contributed by atoms with van der Waals surface area (Å²) >= 11 is 0. The van der Waals surface area contributed by atoms with Gasteiger partial charge in [-0.25, -0.2) is 8.42 Å². The second-order valence-corrected chi connectivity index (χ2v) is 7.84. The molecule has 0 saturated heterocycles. The summed E-state index contributed by atoms with van der Waals surface area (Å²) in [5.41, 5.74) is 9.25. The van der Waals surface area contributed by atoms with Crippen LogP contribution >= 0.6 is 0 Å². The molecule has 0 fully saturated rings. The van der Waals surface area contributed by atoms with Gasteiger partial charge in [-0.2, -0.15) is 0 Å². The summed E-state index contributed by atoms with van der Waals surface area (Å²) in [6.07, 6.45) is 1.20. The molecule has 0 spiro atoms. The topological polar surface area (TPSA) is 69.4 Å². The van der Waals surface area contributed by atoms with Crippen LogP contribution in [0.1, 0.15) is 5.56 Å². The lowest BCUT2D eigenvalue weighted by molar-refractivity contribution is 0.308. The van der Waals surface area contributed by atoms with E-state index in [1.165, 1.54) is 6.26 Å². The number of hydrogen-bond acceptors (Lipinski definition) is 4. The van der Waals surface area contributed by atoms with Gasteiger partial charge in [0.05, 0.1) is 10.6 Å². The molecular weight excluding hydrogens is 334 g/mol. The van der Waals surface area contributed by atoms with Crippen molar-refractivity contribution in [1.82, 2.24) is 0 Å². The van der Waals surface area contributed by atoms with E-state index < -0.39 is 9.84 Å². The smallest absolute Gasteiger partial charge is 0.175 e. The predicted octanol–water partition coefficient (Wildman–Crippen LogP) is 3.92. The molecule has 0 radical (unpaired) electrons. The average Bonchev–Trinajstić information content (AvgIpc) is 2.61. The van der Waals surface area contributed by atoms with Gasteiger partial charge in [0.2, 0.25) is 0 Å². The molecule has 0 unspecified atom stereocenters. The number of rotatable bonds is 5. The van der Waals surface area contributed by atoms with E-state index in [1.807, 2.05) is 48.5 Å². The third-order valence-electron chi connectivity index (χ3n) is 3.85. The maximum absolute atomic E-state index is 11.8. The third-order valence-corrected chi connectivity index (χ3v) is 4.96. The Labute approximate surface area is 147 Å². The Morgan fingerprint density at radius 2 is 1.60 bits per heavy atom. The van der Waals surface area contributed by atoms with E-state index in [9.17, 15) is 8.42 Å². The van der Waals surface area contributed by atoms with Crippen molar-refractivity contribution in [1.29, 1.82) is 0 Å². The van der Waals surface area contributed by atoms with Crippen LogP contribution in [0.15, 0.2) is 77.7 Å². The standard InChI is InChI=1S/C20H19NO3S/c1-25(22,23)18-9-5-8-16(12-18)17-10-11-19(21)20(13-17)24-14-15-6-3-2-4-7-15/h2-13H,14,21H2,1H3. The molecule has 0 atom stereocenters. The predicted molar refractivity (Wildman–Crippen MR) is 100 cm³/mol. The van der Waals surface area contributed by atoms with Gasteiger partial charge in [0.15, 0.2) is 9.84 Å². The van der Waals surface area contributed by atoms with Crippen LogP contribution in [0.4, 0.5) is 5.69 Å². The van der Waals surface area contributed by atoms with Gasteiger partial charge in [0.1, 0.15) is 12.4 Å². The highest BCUT2D eigenvalue weighted by Crippen LogP contribution is 2.30. The van der Waals surface area contributed by atoms with Crippen molar-refractivity contribution in [3.05, 3.63) is 78.4 Å². The minimum Gasteiger partial charge on any atom is -0.487 e. The molecule has 0 aromatic heterocycles. The Morgan fingerprint density at radius 1 is 0.880 bits per heavy atom. The van der Waals surface area contributed by atoms with Gasteiger partial charge in [-0.3, -0.25) is 0 Å². The first-order valence-electron chi connectivity index (χ1n) is 7.80. The molecule has 25 heavy (non-hydrogen) atoms. The van der Waals surface area contributed by atoms with E-state index in [2.05, 4.69) is 0 Å². The van der Waals surface area contributed by atoms with E-state index in [1.54, 1.807) is 24.3 Å². The molecule has 0 aliphatic rings. The minimum atomic E-state index is -3.25. The van der Waals surface area contributed by atoms with Crippen LogP contribution in [-0.2, 0) is 16.4 Å². The van der Waals surface area contributed by atoms with Crippen molar-refractivity contribution in [3.63, 3.8) is 0 Å². The first kappa shape index (κ1) is 17.0. The Kier molecular flexibility index (Phi) is 4.76. The van der Waals surface area contributed by atoms with Crippen molar-refractivity contribution < 1.29 is 13.2 Å². The van der Waals surface area contributed by atoms with Crippen LogP contribution in [0.2, 0.25) is 0 Å². The second-order valence-electron chi connectivity index (χ2n) is 5.83. The summed E-state index contributed by atoms with van der Waals surface area (Å²) in [5.74, 6) is 0.575. The third kappa shape index (κ3) is 4.19. The fraction of sp³-hybridized carbons (Fsp3) is 0.100. The van der Waals surface area contributed by atoms with Crippen LogP contribution in [0, 0.1) is 0 Å². The molecule has 2 N–H and O–H groups in total. The summed E-state index contributed by atoms with van der Waals surface area (Å²) in [6, 6.07) is 22.1. The largest absolute Gasteiger partial charge is 0.487 e. The molecule has 3 aromatic rings. The maximum Gasteiger partial charge on any atom is 0.175 e. The lowest BCUT2D eigenvalue weighted by atomic mass is 10.0. The normalized spacial score (nSPS) is 11.2. The van der Waals surface area contributed by atoms with E-state index in [0.29, 0.717) is 18.0 Å². The van der Waals surface area contributed by atoms with Gasteiger partial charge in [0.25, 0.3) is 0 Å². The molecule has 128 valence electrons. The molecule has 3 aromatic carbocycles. The fourth-order valence-corrected chi connectivity index (χ4v) is 3.15. The highest BCUT2D eigenvalue weighted by Gasteiger charge is 2.10. The number of nitrogen functional groups attached to an aromatic ring is 1. The maximum atomic E-state index is 11.8. The van der Waals surface area contributed by atoms with Gasteiger partial charge in [-0.05, 0) is 41.0 Å². The molecule has 0 aliphatic heterocycles. The van der Waals surface area contributed by atoms with E-state index in [0.717, 1.165) is 16.7 Å². The fourth-order valence-electron chi connectivity index (χ4n) is 2.48. The molecule has 5 heteroatoms. The Morgan fingerprint density at radius 3 is 2.32 bits per heavy atom. The summed E-state index contributed by atoms with van der Waals surface area (Å²) in [4.78, 5) is 0.286. The van der Waals surface area contributed by atoms with Crippen molar-refractivity contribution in [2.75, 3.05) is 12.0 Å². The molecule has 0 aliphatic carbocycles. The molecule has 3 rings (SSSR count). The monoisotopic (exact) mass is 353 g/mol. The van der Waals surface area contributed by atoms with Crippen molar-refractivity contribution in [2.45, 2.75) is 11.5 Å². The summed E-state index contributed by atoms with van der Waals surface area (Å²) in [6.45, 7) is 0.415. The molecule has 4 nitrogen and oxygen atoms in total. The van der Waals surface area contributed by atoms with Crippen LogP contribution < -0.4 is 10.5 Å². The van der Waals surface area contributed by atoms with Crippen molar-refractivity contribution in [3.8, 4) is 16.9 Å². The van der Waals surface area contributed by atoms with Gasteiger partial charge in [-0.1, -0.05) is 48.5 Å². The first-order valence-corrected chi connectivity index (χ1v) is 9.69. The van der Waals surface area contributed by atoms with Crippen LogP contribution in [-0.4, -0.2) is 14.7 Å². The van der Waals surface area contributed by atoms with Gasteiger partial charge < -0.3 is 10.5 Å². The number of anilines is 1. The Hall–Kier alpha value is -2.79. The van der Waals surface area contributed by atoms with Crippen LogP contribution in [0.5, 0.6) is 5.75 Å². The average molecular weight is 353 g/mol. The number of nitrogens with two attached hydrogens (primary N) is 1. The molecule has 0 heterocycles. The number of benzene rings is 3. The Balaban J connectivity index is 1.89. The first-order chi connectivity index (χ1) is 11.9. The zero-order chi connectivity index (χ0) is 17.9. The molecule has 0 saturated carbocycles. The van der Waals surface area contributed by atoms with E-state index in [-0.39, 0.29) is 4.90 Å². The SMILES string of the molecule is CS(=O)(=O)c1cccc(-c2ccc(N)c(OCc3ccccc3)c2)c1. The summed E-state index contributed by atoms with van der Waals surface area (Å²) < 4.78 is 29.3. The zero-order valence-electron chi connectivity index (χ0n) is 13.8. The zero-order valence-corrected chi connectivity index (χ0v) is 14.7. The van der Waals surface area contributed by atoms with Crippen molar-refractivity contribution >= 4 is 15.5 Å². The highest BCUT2D eigenvalue weighted by atomic mass is 32.2. The summed E-state index contributed by atoms with van der Waals surface area (Å²) in [7, 11) is -3.25. The molecule has 0 bridgehead atoms. The van der Waals surface area contributed by atoms with Crippen LogP contribution in [0.3, 0.4) is 0 Å².